The molecule has 1 aromatic heterocycles. The molecular weight excluding hydrogens is 372 g/mol. The molecule has 144 valence electrons. The number of aromatic nitrogens is 1. The fraction of sp³-hybridized carbons (Fsp3) is 0.273. The highest BCUT2D eigenvalue weighted by Crippen LogP contribution is 2.33. The number of carbonyl (C=O) groups is 1. The Morgan fingerprint density at radius 1 is 1.18 bits per heavy atom. The van der Waals surface area contributed by atoms with E-state index in [4.69, 9.17) is 9.47 Å². The number of thiazole rings is 1. The van der Waals surface area contributed by atoms with Gasteiger partial charge >= 0.3 is 0 Å². The molecule has 0 bridgehead atoms. The normalized spacial score (nSPS) is 12.2. The quantitative estimate of drug-likeness (QED) is 0.620. The van der Waals surface area contributed by atoms with Crippen molar-refractivity contribution >= 4 is 17.2 Å². The van der Waals surface area contributed by atoms with Gasteiger partial charge in [-0.1, -0.05) is 29.8 Å². The van der Waals surface area contributed by atoms with E-state index >= 15 is 0 Å². The first-order valence-electron chi connectivity index (χ1n) is 9.30. The largest absolute Gasteiger partial charge is 0.454 e. The molecule has 0 atom stereocenters. The Bertz CT molecular complexity index is 999. The Hall–Kier alpha value is -2.86. The van der Waals surface area contributed by atoms with Crippen LogP contribution < -0.4 is 9.47 Å². The number of carbonyl (C=O) groups excluding carboxylic acids is 1. The van der Waals surface area contributed by atoms with Crippen molar-refractivity contribution < 1.29 is 14.3 Å². The number of likely N-dealkylation sites (N-methyl/N-ethyl adjacent to an activating group) is 1. The van der Waals surface area contributed by atoms with Gasteiger partial charge in [-0.3, -0.25) is 4.79 Å². The maximum atomic E-state index is 12.8. The van der Waals surface area contributed by atoms with Gasteiger partial charge < -0.3 is 14.4 Å². The second kappa shape index (κ2) is 8.02. The monoisotopic (exact) mass is 394 g/mol. The summed E-state index contributed by atoms with van der Waals surface area (Å²) < 4.78 is 10.8. The fourth-order valence-corrected chi connectivity index (χ4v) is 4.02. The number of hydrogen-bond acceptors (Lipinski definition) is 5. The summed E-state index contributed by atoms with van der Waals surface area (Å²) >= 11 is 1.58. The van der Waals surface area contributed by atoms with Gasteiger partial charge in [-0.15, -0.1) is 11.3 Å². The molecule has 0 fully saturated rings. The number of hydrogen-bond donors (Lipinski definition) is 0. The first kappa shape index (κ1) is 18.5. The molecule has 6 heteroatoms. The lowest BCUT2D eigenvalue weighted by Gasteiger charge is -2.20. The second-order valence-corrected chi connectivity index (χ2v) is 7.64. The first-order valence-corrected chi connectivity index (χ1v) is 10.2. The van der Waals surface area contributed by atoms with Crippen molar-refractivity contribution in [3.8, 4) is 22.1 Å². The summed E-state index contributed by atoms with van der Waals surface area (Å²) in [6.45, 7) is 5.49. The van der Waals surface area contributed by atoms with Crippen LogP contribution in [0.25, 0.3) is 10.6 Å². The van der Waals surface area contributed by atoms with Crippen LogP contribution in [0.15, 0.2) is 47.8 Å². The number of amides is 1. The lowest BCUT2D eigenvalue weighted by molar-refractivity contribution is -0.130. The summed E-state index contributed by atoms with van der Waals surface area (Å²) in [4.78, 5) is 19.3. The molecule has 0 saturated heterocycles. The highest BCUT2D eigenvalue weighted by atomic mass is 32.1. The summed E-state index contributed by atoms with van der Waals surface area (Å²) in [5, 5.41) is 2.93. The van der Waals surface area contributed by atoms with E-state index in [1.165, 1.54) is 5.56 Å². The van der Waals surface area contributed by atoms with Crippen LogP contribution in [-0.2, 0) is 17.8 Å². The number of aryl methyl sites for hydroxylation is 1. The Morgan fingerprint density at radius 3 is 2.86 bits per heavy atom. The second-order valence-electron chi connectivity index (χ2n) is 6.79. The van der Waals surface area contributed by atoms with E-state index in [0.717, 1.165) is 33.3 Å². The molecule has 5 nitrogen and oxygen atoms in total. The summed E-state index contributed by atoms with van der Waals surface area (Å²) in [6, 6.07) is 14.1. The van der Waals surface area contributed by atoms with Gasteiger partial charge in [0, 0.05) is 24.0 Å². The number of benzene rings is 2. The Balaban J connectivity index is 1.43. The molecule has 0 N–H and O–H groups in total. The molecule has 3 aromatic rings. The molecule has 1 aliphatic heterocycles. The minimum atomic E-state index is 0.0706. The zero-order valence-electron chi connectivity index (χ0n) is 16.0. The van der Waals surface area contributed by atoms with Crippen molar-refractivity contribution in [3.05, 3.63) is 64.7 Å². The van der Waals surface area contributed by atoms with Gasteiger partial charge in [-0.05, 0) is 37.6 Å². The van der Waals surface area contributed by atoms with E-state index in [0.29, 0.717) is 19.5 Å². The average molecular weight is 394 g/mol. The van der Waals surface area contributed by atoms with Crippen molar-refractivity contribution in [3.63, 3.8) is 0 Å². The van der Waals surface area contributed by atoms with Crippen LogP contribution in [0.4, 0.5) is 0 Å². The maximum Gasteiger partial charge on any atom is 0.231 e. The summed E-state index contributed by atoms with van der Waals surface area (Å²) in [5.41, 5.74) is 4.14. The first-order chi connectivity index (χ1) is 13.6. The smallest absolute Gasteiger partial charge is 0.231 e. The Morgan fingerprint density at radius 2 is 2.04 bits per heavy atom. The minimum Gasteiger partial charge on any atom is -0.454 e. The summed E-state index contributed by atoms with van der Waals surface area (Å²) in [7, 11) is 0. The molecule has 0 spiro atoms. The van der Waals surface area contributed by atoms with Crippen LogP contribution in [0.3, 0.4) is 0 Å². The van der Waals surface area contributed by atoms with E-state index in [9.17, 15) is 4.79 Å². The van der Waals surface area contributed by atoms with Gasteiger partial charge in [0.2, 0.25) is 12.7 Å². The molecule has 0 unspecified atom stereocenters. The zero-order valence-corrected chi connectivity index (χ0v) is 16.8. The van der Waals surface area contributed by atoms with E-state index in [2.05, 4.69) is 30.1 Å². The summed E-state index contributed by atoms with van der Waals surface area (Å²) in [6.07, 6.45) is 0.306. The maximum absolute atomic E-state index is 12.8. The SMILES string of the molecule is CCN(Cc1ccc2c(c1)OCO2)C(=O)Cc1csc(-c2cccc(C)c2)n1. The van der Waals surface area contributed by atoms with Gasteiger partial charge in [0.15, 0.2) is 11.5 Å². The van der Waals surface area contributed by atoms with Crippen molar-refractivity contribution in [2.45, 2.75) is 26.8 Å². The molecule has 2 aromatic carbocycles. The topological polar surface area (TPSA) is 51.7 Å². The average Bonchev–Trinajstić information content (AvgIpc) is 3.35. The highest BCUT2D eigenvalue weighted by molar-refractivity contribution is 7.13. The summed E-state index contributed by atoms with van der Waals surface area (Å²) in [5.74, 6) is 1.56. The molecule has 28 heavy (non-hydrogen) atoms. The third-order valence-electron chi connectivity index (χ3n) is 4.69. The Labute approximate surface area is 168 Å². The molecule has 0 radical (unpaired) electrons. The molecule has 0 saturated carbocycles. The lowest BCUT2D eigenvalue weighted by atomic mass is 10.1. The van der Waals surface area contributed by atoms with Crippen LogP contribution in [-0.4, -0.2) is 29.1 Å². The van der Waals surface area contributed by atoms with Crippen LogP contribution in [0.5, 0.6) is 11.5 Å². The van der Waals surface area contributed by atoms with Crippen LogP contribution >= 0.6 is 11.3 Å². The standard InChI is InChI=1S/C22H22N2O3S/c1-3-24(12-16-7-8-19-20(10-16)27-14-26-19)21(25)11-18-13-28-22(23-18)17-6-4-5-15(2)9-17/h4-10,13H,3,11-12,14H2,1-2H3. The minimum absolute atomic E-state index is 0.0706. The van der Waals surface area contributed by atoms with Crippen molar-refractivity contribution in [1.82, 2.24) is 9.88 Å². The van der Waals surface area contributed by atoms with Gasteiger partial charge in [0.05, 0.1) is 12.1 Å². The predicted molar refractivity (Wildman–Crippen MR) is 110 cm³/mol. The fourth-order valence-electron chi connectivity index (χ4n) is 3.20. The van der Waals surface area contributed by atoms with Gasteiger partial charge in [0.1, 0.15) is 5.01 Å². The van der Waals surface area contributed by atoms with Gasteiger partial charge in [-0.25, -0.2) is 4.98 Å². The van der Waals surface area contributed by atoms with Crippen LogP contribution in [0.1, 0.15) is 23.7 Å². The molecule has 4 rings (SSSR count). The third kappa shape index (κ3) is 4.02. The molecule has 1 aliphatic rings. The van der Waals surface area contributed by atoms with E-state index in [-0.39, 0.29) is 12.7 Å². The zero-order chi connectivity index (χ0) is 19.5. The van der Waals surface area contributed by atoms with Crippen molar-refractivity contribution in [2.24, 2.45) is 0 Å². The molecular formula is C22H22N2O3S. The van der Waals surface area contributed by atoms with Crippen molar-refractivity contribution in [2.75, 3.05) is 13.3 Å². The van der Waals surface area contributed by atoms with E-state index < -0.39 is 0 Å². The van der Waals surface area contributed by atoms with Crippen LogP contribution in [0, 0.1) is 6.92 Å². The molecule has 1 amide bonds. The third-order valence-corrected chi connectivity index (χ3v) is 5.63. The van der Waals surface area contributed by atoms with E-state index in [1.54, 1.807) is 11.3 Å². The number of fused-ring (bicyclic) bond motifs is 1. The lowest BCUT2D eigenvalue weighted by Crippen LogP contribution is -2.31. The number of rotatable bonds is 6. The van der Waals surface area contributed by atoms with Crippen LogP contribution in [0.2, 0.25) is 0 Å². The molecule has 2 heterocycles. The van der Waals surface area contributed by atoms with E-state index in [1.807, 2.05) is 41.5 Å². The number of ether oxygens (including phenoxy) is 2. The highest BCUT2D eigenvalue weighted by Gasteiger charge is 2.18. The van der Waals surface area contributed by atoms with Gasteiger partial charge in [-0.2, -0.15) is 0 Å². The Kier molecular flexibility index (Phi) is 5.30. The number of nitrogens with zero attached hydrogens (tertiary/aromatic N) is 2. The van der Waals surface area contributed by atoms with Crippen molar-refractivity contribution in [1.29, 1.82) is 0 Å². The van der Waals surface area contributed by atoms with Gasteiger partial charge in [0.25, 0.3) is 0 Å². The molecule has 0 aliphatic carbocycles. The predicted octanol–water partition coefficient (Wildman–Crippen LogP) is 4.44.